The van der Waals surface area contributed by atoms with Crippen LogP contribution in [0.2, 0.25) is 0 Å². The van der Waals surface area contributed by atoms with Gasteiger partial charge in [-0.25, -0.2) is 4.39 Å². The van der Waals surface area contributed by atoms with Gasteiger partial charge in [-0.05, 0) is 61.3 Å². The molecule has 3 rings (SSSR count). The quantitative estimate of drug-likeness (QED) is 0.149. The molecule has 0 amide bonds. The van der Waals surface area contributed by atoms with Gasteiger partial charge in [0.2, 0.25) is 0 Å². The number of nitrogens with zero attached hydrogens (tertiary/aromatic N) is 1. The maximum Gasteiger partial charge on any atom is 0.306 e. The van der Waals surface area contributed by atoms with Crippen molar-refractivity contribution >= 4 is 27.7 Å². The normalized spacial score (nSPS) is 15.6. The molecule has 1 saturated heterocycles. The highest BCUT2D eigenvalue weighted by Gasteiger charge is 2.39. The highest BCUT2D eigenvalue weighted by atomic mass is 79.9. The smallest absolute Gasteiger partial charge is 0.306 e. The van der Waals surface area contributed by atoms with Gasteiger partial charge in [-0.2, -0.15) is 0 Å². The van der Waals surface area contributed by atoms with Crippen LogP contribution < -0.4 is 0 Å². The monoisotopic (exact) mass is 545 g/mol. The Balaban J connectivity index is 1.52. The number of Topliss-reactive ketones (excluding diaryl/α,β-unsaturated/α-hetero) is 1. The number of ketones is 1. The summed E-state index contributed by atoms with van der Waals surface area (Å²) in [5.41, 5.74) is 1.01. The molecule has 0 bridgehead atoms. The summed E-state index contributed by atoms with van der Waals surface area (Å²) in [4.78, 5) is 27.5. The second-order valence-electron chi connectivity index (χ2n) is 9.51. The van der Waals surface area contributed by atoms with Crippen LogP contribution >= 0.6 is 15.9 Å². The number of unbranched alkanes of at least 4 members (excludes halogenated alkanes) is 4. The predicted octanol–water partition coefficient (Wildman–Crippen LogP) is 7.45. The van der Waals surface area contributed by atoms with Crippen LogP contribution in [0.3, 0.4) is 0 Å². The number of ether oxygens (including phenoxy) is 1. The van der Waals surface area contributed by atoms with Crippen molar-refractivity contribution in [3.63, 3.8) is 0 Å². The first-order valence-electron chi connectivity index (χ1n) is 12.9. The fourth-order valence-electron chi connectivity index (χ4n) is 4.73. The zero-order chi connectivity index (χ0) is 25.1. The lowest BCUT2D eigenvalue weighted by atomic mass is 9.84. The number of piperidine rings is 1. The maximum absolute atomic E-state index is 13.1. The Morgan fingerprint density at radius 2 is 1.57 bits per heavy atom. The zero-order valence-corrected chi connectivity index (χ0v) is 22.3. The van der Waals surface area contributed by atoms with Crippen LogP contribution in [0.1, 0.15) is 87.1 Å². The van der Waals surface area contributed by atoms with Gasteiger partial charge < -0.3 is 9.64 Å². The lowest BCUT2D eigenvalue weighted by Crippen LogP contribution is -2.45. The van der Waals surface area contributed by atoms with Crippen molar-refractivity contribution in [2.45, 2.75) is 76.7 Å². The molecule has 0 unspecified atom stereocenters. The standard InChI is InChI=1S/C29H37BrFNO3/c1-2-3-4-5-6-9-28(34)35-29(24-12-14-25(30)15-13-24)18-21-32(22-19-29)20-7-8-27(33)23-10-16-26(31)17-11-23/h10-17H,2-9,18-22H2,1H3. The Morgan fingerprint density at radius 3 is 2.23 bits per heavy atom. The minimum Gasteiger partial charge on any atom is -0.454 e. The fraction of sp³-hybridized carbons (Fsp3) is 0.517. The van der Waals surface area contributed by atoms with E-state index in [1.165, 1.54) is 31.4 Å². The van der Waals surface area contributed by atoms with Crippen molar-refractivity contribution in [2.24, 2.45) is 0 Å². The SMILES string of the molecule is CCCCCCCC(=O)OC1(c2ccc(Br)cc2)CCN(CCCC(=O)c2ccc(F)cc2)CC1. The van der Waals surface area contributed by atoms with Gasteiger partial charge in [0.05, 0.1) is 0 Å². The number of esters is 1. The molecule has 0 saturated carbocycles. The summed E-state index contributed by atoms with van der Waals surface area (Å²) in [6.07, 6.45) is 8.65. The van der Waals surface area contributed by atoms with Crippen molar-refractivity contribution in [3.05, 3.63) is 69.9 Å². The number of halogens is 2. The molecule has 0 spiro atoms. The predicted molar refractivity (Wildman–Crippen MR) is 141 cm³/mol. The number of likely N-dealkylation sites (tertiary alicyclic amines) is 1. The minimum absolute atomic E-state index is 0.0408. The molecular formula is C29H37BrFNO3. The van der Waals surface area contributed by atoms with Crippen molar-refractivity contribution in [1.82, 2.24) is 4.90 Å². The number of rotatable bonds is 13. The maximum atomic E-state index is 13.1. The van der Waals surface area contributed by atoms with E-state index in [0.29, 0.717) is 18.4 Å². The molecule has 2 aromatic carbocycles. The van der Waals surface area contributed by atoms with Gasteiger partial charge in [-0.3, -0.25) is 9.59 Å². The third-order valence-corrected chi connectivity index (χ3v) is 7.40. The summed E-state index contributed by atoms with van der Waals surface area (Å²) in [6.45, 7) is 4.62. The largest absolute Gasteiger partial charge is 0.454 e. The first-order valence-corrected chi connectivity index (χ1v) is 13.7. The summed E-state index contributed by atoms with van der Waals surface area (Å²) in [6, 6.07) is 13.8. The lowest BCUT2D eigenvalue weighted by Gasteiger charge is -2.41. The third-order valence-electron chi connectivity index (χ3n) is 6.87. The van der Waals surface area contributed by atoms with Crippen LogP contribution in [-0.2, 0) is 15.1 Å². The zero-order valence-electron chi connectivity index (χ0n) is 20.7. The second-order valence-corrected chi connectivity index (χ2v) is 10.4. The van der Waals surface area contributed by atoms with Gasteiger partial charge in [0, 0.05) is 48.8 Å². The van der Waals surface area contributed by atoms with E-state index in [0.717, 1.165) is 61.8 Å². The van der Waals surface area contributed by atoms with Crippen molar-refractivity contribution in [1.29, 1.82) is 0 Å². The van der Waals surface area contributed by atoms with Crippen molar-refractivity contribution in [3.8, 4) is 0 Å². The van der Waals surface area contributed by atoms with Crippen LogP contribution in [0.15, 0.2) is 53.0 Å². The van der Waals surface area contributed by atoms with Crippen LogP contribution in [0.4, 0.5) is 4.39 Å². The summed E-state index contributed by atoms with van der Waals surface area (Å²) in [5, 5.41) is 0. The Morgan fingerprint density at radius 1 is 0.914 bits per heavy atom. The fourth-order valence-corrected chi connectivity index (χ4v) is 4.99. The van der Waals surface area contributed by atoms with E-state index in [-0.39, 0.29) is 17.6 Å². The minimum atomic E-state index is -0.596. The number of benzene rings is 2. The molecule has 2 aromatic rings. The van der Waals surface area contributed by atoms with Gasteiger partial charge >= 0.3 is 5.97 Å². The highest BCUT2D eigenvalue weighted by molar-refractivity contribution is 9.10. The number of hydrogen-bond acceptors (Lipinski definition) is 4. The average Bonchev–Trinajstić information content (AvgIpc) is 2.86. The number of hydrogen-bond donors (Lipinski definition) is 0. The van der Waals surface area contributed by atoms with E-state index in [2.05, 4.69) is 39.9 Å². The summed E-state index contributed by atoms with van der Waals surface area (Å²) < 4.78 is 20.3. The van der Waals surface area contributed by atoms with Crippen LogP contribution in [0.25, 0.3) is 0 Å². The van der Waals surface area contributed by atoms with E-state index in [9.17, 15) is 14.0 Å². The van der Waals surface area contributed by atoms with E-state index in [4.69, 9.17) is 4.74 Å². The molecule has 1 aliphatic rings. The molecule has 0 radical (unpaired) electrons. The molecular weight excluding hydrogens is 509 g/mol. The third kappa shape index (κ3) is 8.53. The van der Waals surface area contributed by atoms with Crippen LogP contribution in [0, 0.1) is 5.82 Å². The molecule has 1 aliphatic heterocycles. The Kier molecular flexibility index (Phi) is 10.9. The average molecular weight is 547 g/mol. The summed E-state index contributed by atoms with van der Waals surface area (Å²) in [5.74, 6) is -0.400. The van der Waals surface area contributed by atoms with Gasteiger partial charge in [0.15, 0.2) is 5.78 Å². The molecule has 190 valence electrons. The number of carbonyl (C=O) groups excluding carboxylic acids is 2. The van der Waals surface area contributed by atoms with Gasteiger partial charge in [0.1, 0.15) is 11.4 Å². The number of carbonyl (C=O) groups is 2. The summed E-state index contributed by atoms with van der Waals surface area (Å²) >= 11 is 3.50. The van der Waals surface area contributed by atoms with E-state index >= 15 is 0 Å². The van der Waals surface area contributed by atoms with E-state index < -0.39 is 5.60 Å². The second kappa shape index (κ2) is 13.9. The van der Waals surface area contributed by atoms with Crippen LogP contribution in [0.5, 0.6) is 0 Å². The van der Waals surface area contributed by atoms with Crippen molar-refractivity contribution in [2.75, 3.05) is 19.6 Å². The molecule has 0 aromatic heterocycles. The van der Waals surface area contributed by atoms with E-state index in [1.807, 2.05) is 12.1 Å². The first kappa shape index (κ1) is 27.5. The molecule has 6 heteroatoms. The topological polar surface area (TPSA) is 46.6 Å². The molecule has 1 fully saturated rings. The van der Waals surface area contributed by atoms with Gasteiger partial charge in [-0.15, -0.1) is 0 Å². The Bertz CT molecular complexity index is 937. The Labute approximate surface area is 217 Å². The molecule has 4 nitrogen and oxygen atoms in total. The highest BCUT2D eigenvalue weighted by Crippen LogP contribution is 2.38. The molecule has 0 aliphatic carbocycles. The van der Waals surface area contributed by atoms with E-state index in [1.54, 1.807) is 12.1 Å². The van der Waals surface area contributed by atoms with Crippen LogP contribution in [-0.4, -0.2) is 36.3 Å². The van der Waals surface area contributed by atoms with Gasteiger partial charge in [0.25, 0.3) is 0 Å². The molecule has 35 heavy (non-hydrogen) atoms. The van der Waals surface area contributed by atoms with Gasteiger partial charge in [-0.1, -0.05) is 60.7 Å². The summed E-state index contributed by atoms with van der Waals surface area (Å²) in [7, 11) is 0. The lowest BCUT2D eigenvalue weighted by molar-refractivity contribution is -0.167. The molecule has 0 atom stereocenters. The Hall–Kier alpha value is -2.05. The van der Waals surface area contributed by atoms with Crippen molar-refractivity contribution < 1.29 is 18.7 Å². The first-order chi connectivity index (χ1) is 16.9. The molecule has 0 N–H and O–H groups in total. The molecule has 1 heterocycles.